The lowest BCUT2D eigenvalue weighted by Crippen LogP contribution is -2.41. The lowest BCUT2D eigenvalue weighted by atomic mass is 9.66. The van der Waals surface area contributed by atoms with Crippen LogP contribution < -0.4 is 0 Å². The van der Waals surface area contributed by atoms with E-state index in [0.717, 1.165) is 18.4 Å². The smallest absolute Gasteiger partial charge is 0.308 e. The third-order valence-corrected chi connectivity index (χ3v) is 5.73. The van der Waals surface area contributed by atoms with Gasteiger partial charge in [-0.3, -0.25) is 4.79 Å². The van der Waals surface area contributed by atoms with Crippen molar-refractivity contribution < 1.29 is 24.5 Å². The highest BCUT2D eigenvalue weighted by molar-refractivity contribution is 5.70. The minimum Gasteiger partial charge on any atom is -0.462 e. The molecule has 134 valence electrons. The Morgan fingerprint density at radius 1 is 1.29 bits per heavy atom. The first kappa shape index (κ1) is 17.6. The Morgan fingerprint density at radius 3 is 2.79 bits per heavy atom. The predicted octanol–water partition coefficient (Wildman–Crippen LogP) is 1.98. The molecule has 1 aliphatic heterocycles. The number of aliphatic hydroxyl groups excluding tert-OH is 2. The van der Waals surface area contributed by atoms with Crippen LogP contribution in [0, 0.1) is 17.8 Å². The number of cyclic esters (lactones) is 1. The molecule has 1 fully saturated rings. The van der Waals surface area contributed by atoms with Crippen molar-refractivity contribution in [3.63, 3.8) is 0 Å². The normalized spacial score (nSPS) is 42.2. The quantitative estimate of drug-likeness (QED) is 0.768. The summed E-state index contributed by atoms with van der Waals surface area (Å²) in [6.07, 6.45) is 7.98. The number of ether oxygens (including phenoxy) is 2. The molecule has 7 atom stereocenters. The Balaban J connectivity index is 1.70. The van der Waals surface area contributed by atoms with Crippen molar-refractivity contribution in [3.8, 4) is 0 Å². The average molecular weight is 336 g/mol. The van der Waals surface area contributed by atoms with E-state index in [2.05, 4.69) is 19.1 Å². The first-order chi connectivity index (χ1) is 11.5. The summed E-state index contributed by atoms with van der Waals surface area (Å²) in [6.45, 7) is 2.21. The van der Waals surface area contributed by atoms with Crippen molar-refractivity contribution in [2.24, 2.45) is 17.8 Å². The molecule has 0 aromatic rings. The molecule has 0 amide bonds. The van der Waals surface area contributed by atoms with Crippen LogP contribution in [0.3, 0.4) is 0 Å². The summed E-state index contributed by atoms with van der Waals surface area (Å²) < 4.78 is 11.1. The van der Waals surface area contributed by atoms with Gasteiger partial charge in [-0.1, -0.05) is 25.2 Å². The van der Waals surface area contributed by atoms with Gasteiger partial charge in [0.1, 0.15) is 6.10 Å². The van der Waals surface area contributed by atoms with Crippen LogP contribution in [0.5, 0.6) is 0 Å². The van der Waals surface area contributed by atoms with Gasteiger partial charge in [0, 0.05) is 25.9 Å². The maximum atomic E-state index is 11.5. The number of carbonyl (C=O) groups is 1. The topological polar surface area (TPSA) is 76.0 Å². The van der Waals surface area contributed by atoms with Gasteiger partial charge in [0.15, 0.2) is 0 Å². The fraction of sp³-hybridized carbons (Fsp3) is 0.737. The Labute approximate surface area is 143 Å². The number of hydrogen-bond donors (Lipinski definition) is 2. The number of methoxy groups -OCH3 is 1. The highest BCUT2D eigenvalue weighted by Gasteiger charge is 2.40. The number of allylic oxidation sites excluding steroid dienone is 2. The second-order valence-electron chi connectivity index (χ2n) is 7.43. The van der Waals surface area contributed by atoms with E-state index in [4.69, 9.17) is 9.47 Å². The van der Waals surface area contributed by atoms with Crippen LogP contribution in [-0.4, -0.2) is 47.7 Å². The Hall–Kier alpha value is -1.17. The fourth-order valence-electron chi connectivity index (χ4n) is 4.52. The Kier molecular flexibility index (Phi) is 5.42. The molecule has 0 spiro atoms. The van der Waals surface area contributed by atoms with E-state index in [-0.39, 0.29) is 30.5 Å². The first-order valence-corrected chi connectivity index (χ1v) is 8.96. The fourth-order valence-corrected chi connectivity index (χ4v) is 4.52. The molecule has 0 radical (unpaired) electrons. The van der Waals surface area contributed by atoms with E-state index in [1.54, 1.807) is 7.11 Å². The molecule has 24 heavy (non-hydrogen) atoms. The summed E-state index contributed by atoms with van der Waals surface area (Å²) in [5.74, 6) is 0.759. The van der Waals surface area contributed by atoms with Crippen LogP contribution in [0.1, 0.15) is 39.0 Å². The number of hydrogen-bond acceptors (Lipinski definition) is 5. The van der Waals surface area contributed by atoms with Crippen LogP contribution in [0.15, 0.2) is 23.8 Å². The zero-order chi connectivity index (χ0) is 17.3. The van der Waals surface area contributed by atoms with Crippen LogP contribution in [-0.2, 0) is 14.3 Å². The Morgan fingerprint density at radius 2 is 2.08 bits per heavy atom. The molecule has 0 aromatic heterocycles. The largest absolute Gasteiger partial charge is 0.462 e. The van der Waals surface area contributed by atoms with Gasteiger partial charge in [-0.15, -0.1) is 0 Å². The van der Waals surface area contributed by atoms with Gasteiger partial charge in [0.05, 0.1) is 24.7 Å². The summed E-state index contributed by atoms with van der Waals surface area (Å²) in [4.78, 5) is 11.5. The van der Waals surface area contributed by atoms with Crippen molar-refractivity contribution in [1.82, 2.24) is 0 Å². The average Bonchev–Trinajstić information content (AvgIpc) is 2.52. The van der Waals surface area contributed by atoms with Crippen molar-refractivity contribution in [1.29, 1.82) is 0 Å². The van der Waals surface area contributed by atoms with Crippen LogP contribution in [0.4, 0.5) is 0 Å². The van der Waals surface area contributed by atoms with Gasteiger partial charge in [0.2, 0.25) is 0 Å². The summed E-state index contributed by atoms with van der Waals surface area (Å²) in [7, 11) is 1.71. The molecule has 5 nitrogen and oxygen atoms in total. The van der Waals surface area contributed by atoms with E-state index < -0.39 is 12.2 Å². The molecular formula is C19H28O5. The minimum atomic E-state index is -0.577. The van der Waals surface area contributed by atoms with Crippen LogP contribution in [0.2, 0.25) is 0 Å². The molecule has 3 aliphatic rings. The van der Waals surface area contributed by atoms with Gasteiger partial charge >= 0.3 is 5.97 Å². The van der Waals surface area contributed by atoms with Crippen molar-refractivity contribution in [2.75, 3.05) is 7.11 Å². The monoisotopic (exact) mass is 336 g/mol. The molecule has 5 heteroatoms. The summed E-state index contributed by atoms with van der Waals surface area (Å²) >= 11 is 0. The number of rotatable bonds is 4. The summed E-state index contributed by atoms with van der Waals surface area (Å²) in [5.41, 5.74) is 1.16. The lowest BCUT2D eigenvalue weighted by molar-refractivity contribution is -0.160. The molecule has 0 bridgehead atoms. The van der Waals surface area contributed by atoms with Crippen LogP contribution >= 0.6 is 0 Å². The lowest BCUT2D eigenvalue weighted by Gasteiger charge is -2.43. The van der Waals surface area contributed by atoms with Crippen molar-refractivity contribution in [2.45, 2.75) is 63.4 Å². The number of esters is 1. The van der Waals surface area contributed by atoms with Gasteiger partial charge in [-0.25, -0.2) is 0 Å². The molecule has 2 aliphatic carbocycles. The Bertz CT molecular complexity index is 526. The molecule has 0 aromatic carbocycles. The third kappa shape index (κ3) is 3.73. The molecule has 0 unspecified atom stereocenters. The highest BCUT2D eigenvalue weighted by Crippen LogP contribution is 2.43. The number of aliphatic hydroxyl groups is 2. The van der Waals surface area contributed by atoms with Gasteiger partial charge < -0.3 is 19.7 Å². The van der Waals surface area contributed by atoms with Gasteiger partial charge in [-0.05, 0) is 30.3 Å². The van der Waals surface area contributed by atoms with E-state index in [9.17, 15) is 15.0 Å². The second kappa shape index (κ2) is 7.38. The third-order valence-electron chi connectivity index (χ3n) is 5.73. The molecule has 3 rings (SSSR count). The maximum absolute atomic E-state index is 11.5. The van der Waals surface area contributed by atoms with Gasteiger partial charge in [-0.2, -0.15) is 0 Å². The number of fused-ring (bicyclic) bond motifs is 1. The van der Waals surface area contributed by atoms with E-state index in [1.807, 2.05) is 6.08 Å². The zero-order valence-corrected chi connectivity index (χ0v) is 14.4. The summed E-state index contributed by atoms with van der Waals surface area (Å²) in [5, 5.41) is 19.8. The molecular weight excluding hydrogens is 308 g/mol. The molecule has 1 saturated heterocycles. The van der Waals surface area contributed by atoms with Crippen LogP contribution in [0.25, 0.3) is 0 Å². The van der Waals surface area contributed by atoms with Crippen molar-refractivity contribution >= 4 is 5.97 Å². The predicted molar refractivity (Wildman–Crippen MR) is 89.1 cm³/mol. The van der Waals surface area contributed by atoms with Crippen molar-refractivity contribution in [3.05, 3.63) is 23.8 Å². The highest BCUT2D eigenvalue weighted by atomic mass is 16.5. The standard InChI is InChI=1S/C19H28O5/c1-11-3-4-12-7-13(20)9-17(23-2)19(12)16(11)6-5-15-8-14(21)10-18(22)24-15/h3-4,7,11,13-17,19-21H,5-6,8-10H2,1-2H3/t11-,13+,14+,15+,16-,17-,19-/m0/s1. The first-order valence-electron chi connectivity index (χ1n) is 8.96. The SMILES string of the molecule is CO[C@H]1C[C@H](O)C=C2C=C[C@H](C)[C@H](CC[C@@H]3C[C@@H](O)CC(=O)O3)[C@H]21. The molecule has 2 N–H and O–H groups in total. The molecule has 1 heterocycles. The number of carbonyl (C=O) groups excluding carboxylic acids is 1. The maximum Gasteiger partial charge on any atom is 0.308 e. The minimum absolute atomic E-state index is 0.0110. The zero-order valence-electron chi connectivity index (χ0n) is 14.4. The molecule has 0 saturated carbocycles. The van der Waals surface area contributed by atoms with E-state index >= 15 is 0 Å². The second-order valence-corrected chi connectivity index (χ2v) is 7.43. The van der Waals surface area contributed by atoms with E-state index in [0.29, 0.717) is 24.7 Å². The van der Waals surface area contributed by atoms with Gasteiger partial charge in [0.25, 0.3) is 0 Å². The summed E-state index contributed by atoms with van der Waals surface area (Å²) in [6, 6.07) is 0. The van der Waals surface area contributed by atoms with E-state index in [1.165, 1.54) is 0 Å².